The summed E-state index contributed by atoms with van der Waals surface area (Å²) in [6, 6.07) is 21.6. The highest BCUT2D eigenvalue weighted by molar-refractivity contribution is 7.98. The molecule has 0 bridgehead atoms. The summed E-state index contributed by atoms with van der Waals surface area (Å²) >= 11 is 1.65. The number of hydrogen-bond donors (Lipinski definition) is 1. The molecule has 0 radical (unpaired) electrons. The Labute approximate surface area is 206 Å². The van der Waals surface area contributed by atoms with Gasteiger partial charge in [0.1, 0.15) is 5.75 Å². The third-order valence-corrected chi connectivity index (χ3v) is 8.05. The molecular weight excluding hydrogens is 468 g/mol. The number of ether oxygens (including phenoxy) is 1. The Morgan fingerprint density at radius 2 is 1.74 bits per heavy atom. The van der Waals surface area contributed by atoms with Gasteiger partial charge in [0.15, 0.2) is 0 Å². The van der Waals surface area contributed by atoms with E-state index in [0.29, 0.717) is 11.3 Å². The van der Waals surface area contributed by atoms with Crippen LogP contribution in [-0.2, 0) is 21.4 Å². The predicted molar refractivity (Wildman–Crippen MR) is 137 cm³/mol. The average molecular weight is 499 g/mol. The maximum atomic E-state index is 13.6. The number of methoxy groups -OCH3 is 1. The second-order valence-electron chi connectivity index (χ2n) is 7.95. The third kappa shape index (κ3) is 6.40. The zero-order chi connectivity index (χ0) is 24.7. The monoisotopic (exact) mass is 498 g/mol. The van der Waals surface area contributed by atoms with E-state index in [2.05, 4.69) is 5.32 Å². The zero-order valence-electron chi connectivity index (χ0n) is 19.8. The topological polar surface area (TPSA) is 75.7 Å². The van der Waals surface area contributed by atoms with Crippen molar-refractivity contribution in [3.05, 3.63) is 89.5 Å². The molecule has 34 heavy (non-hydrogen) atoms. The van der Waals surface area contributed by atoms with E-state index < -0.39 is 10.0 Å². The number of thioether (sulfide) groups is 1. The molecule has 3 rings (SSSR count). The molecule has 6 nitrogen and oxygen atoms in total. The van der Waals surface area contributed by atoms with Gasteiger partial charge in [-0.3, -0.25) is 4.79 Å². The molecule has 0 aromatic heterocycles. The van der Waals surface area contributed by atoms with Crippen LogP contribution < -0.4 is 10.1 Å². The molecule has 0 unspecified atom stereocenters. The quantitative estimate of drug-likeness (QED) is 0.407. The molecule has 0 aliphatic heterocycles. The summed E-state index contributed by atoms with van der Waals surface area (Å²) < 4.78 is 33.6. The van der Waals surface area contributed by atoms with Crippen LogP contribution in [0.25, 0.3) is 0 Å². The van der Waals surface area contributed by atoms with Gasteiger partial charge in [-0.15, -0.1) is 11.8 Å². The molecule has 1 atom stereocenters. The fraction of sp³-hybridized carbons (Fsp3) is 0.269. The Balaban J connectivity index is 1.83. The Bertz CT molecular complexity index is 1210. The lowest BCUT2D eigenvalue weighted by molar-refractivity contribution is -0.122. The van der Waals surface area contributed by atoms with Crippen LogP contribution in [0.4, 0.5) is 0 Å². The highest BCUT2D eigenvalue weighted by atomic mass is 32.2. The van der Waals surface area contributed by atoms with Crippen LogP contribution in [0.3, 0.4) is 0 Å². The summed E-state index contributed by atoms with van der Waals surface area (Å²) in [6.45, 7) is 3.46. The fourth-order valence-corrected chi connectivity index (χ4v) is 5.47. The number of carbonyl (C=O) groups is 1. The van der Waals surface area contributed by atoms with Crippen LogP contribution in [0.5, 0.6) is 5.75 Å². The number of hydrogen-bond acceptors (Lipinski definition) is 5. The predicted octanol–water partition coefficient (Wildman–Crippen LogP) is 4.79. The zero-order valence-corrected chi connectivity index (χ0v) is 21.4. The van der Waals surface area contributed by atoms with Crippen molar-refractivity contribution in [2.45, 2.75) is 36.2 Å². The summed E-state index contributed by atoms with van der Waals surface area (Å²) in [7, 11) is -2.40. The number of amides is 1. The van der Waals surface area contributed by atoms with Gasteiger partial charge in [-0.2, -0.15) is 4.31 Å². The minimum absolute atomic E-state index is 0.0818. The normalized spacial score (nSPS) is 12.4. The first-order valence-electron chi connectivity index (χ1n) is 10.9. The van der Waals surface area contributed by atoms with Gasteiger partial charge in [0, 0.05) is 11.4 Å². The lowest BCUT2D eigenvalue weighted by atomic mass is 10.1. The van der Waals surface area contributed by atoms with Crippen LogP contribution in [0.1, 0.15) is 29.7 Å². The Morgan fingerprint density at radius 1 is 1.06 bits per heavy atom. The lowest BCUT2D eigenvalue weighted by Crippen LogP contribution is -2.41. The van der Waals surface area contributed by atoms with E-state index in [1.807, 2.05) is 67.8 Å². The molecule has 0 fully saturated rings. The van der Waals surface area contributed by atoms with Gasteiger partial charge in [0.25, 0.3) is 0 Å². The van der Waals surface area contributed by atoms with Gasteiger partial charge >= 0.3 is 0 Å². The number of rotatable bonds is 10. The van der Waals surface area contributed by atoms with Crippen molar-refractivity contribution in [1.82, 2.24) is 9.62 Å². The second kappa shape index (κ2) is 11.6. The van der Waals surface area contributed by atoms with Crippen molar-refractivity contribution in [3.63, 3.8) is 0 Å². The first kappa shape index (κ1) is 25.8. The Kier molecular flexibility index (Phi) is 8.77. The molecule has 0 aliphatic rings. The minimum atomic E-state index is -3.94. The van der Waals surface area contributed by atoms with E-state index in [9.17, 15) is 13.2 Å². The molecule has 0 saturated carbocycles. The van der Waals surface area contributed by atoms with Crippen molar-refractivity contribution in [2.24, 2.45) is 0 Å². The molecule has 1 N–H and O–H groups in total. The van der Waals surface area contributed by atoms with E-state index in [0.717, 1.165) is 16.0 Å². The number of benzene rings is 3. The molecule has 0 aliphatic carbocycles. The summed E-state index contributed by atoms with van der Waals surface area (Å²) in [6.07, 6.45) is 2.01. The lowest BCUT2D eigenvalue weighted by Gasteiger charge is -2.24. The van der Waals surface area contributed by atoms with Crippen molar-refractivity contribution >= 4 is 27.7 Å². The van der Waals surface area contributed by atoms with Gasteiger partial charge in [-0.25, -0.2) is 8.42 Å². The second-order valence-corrected chi connectivity index (χ2v) is 10.8. The first-order valence-corrected chi connectivity index (χ1v) is 13.5. The van der Waals surface area contributed by atoms with E-state index >= 15 is 0 Å². The van der Waals surface area contributed by atoms with E-state index in [1.54, 1.807) is 37.9 Å². The molecule has 0 spiro atoms. The fourth-order valence-electron chi connectivity index (χ4n) is 3.60. The molecular formula is C26H30N2O4S2. The highest BCUT2D eigenvalue weighted by Crippen LogP contribution is 2.25. The van der Waals surface area contributed by atoms with Gasteiger partial charge in [-0.1, -0.05) is 42.5 Å². The van der Waals surface area contributed by atoms with Crippen LogP contribution in [0.2, 0.25) is 0 Å². The molecule has 0 heterocycles. The molecule has 0 saturated heterocycles. The van der Waals surface area contributed by atoms with Gasteiger partial charge in [-0.05, 0) is 67.1 Å². The molecule has 180 valence electrons. The number of aryl methyl sites for hydroxylation is 1. The van der Waals surface area contributed by atoms with Crippen LogP contribution >= 0.6 is 11.8 Å². The largest absolute Gasteiger partial charge is 0.496 e. The Morgan fingerprint density at radius 3 is 2.32 bits per heavy atom. The third-order valence-electron chi connectivity index (χ3n) is 5.52. The first-order chi connectivity index (χ1) is 16.2. The molecule has 8 heteroatoms. The van der Waals surface area contributed by atoms with Crippen molar-refractivity contribution in [1.29, 1.82) is 0 Å². The van der Waals surface area contributed by atoms with Gasteiger partial charge in [0.05, 0.1) is 24.6 Å². The number of nitrogens with one attached hydrogen (secondary N) is 1. The summed E-state index contributed by atoms with van der Waals surface area (Å²) in [5.41, 5.74) is 2.45. The average Bonchev–Trinajstić information content (AvgIpc) is 2.84. The number of nitrogens with zero attached hydrogens (tertiary/aromatic N) is 1. The van der Waals surface area contributed by atoms with Gasteiger partial charge < -0.3 is 10.1 Å². The smallest absolute Gasteiger partial charge is 0.243 e. The molecule has 1 amide bonds. The van der Waals surface area contributed by atoms with Crippen LogP contribution in [0, 0.1) is 6.92 Å². The Hall–Kier alpha value is -2.81. The molecule has 3 aromatic rings. The standard InChI is InChI=1S/C26H30N2O4S2/c1-19-16-24(14-15-25(19)32-3)34(30,31)28(17-21-8-6-5-7-9-21)18-26(29)27-20(2)22-10-12-23(33-4)13-11-22/h5-16,20H,17-18H2,1-4H3,(H,27,29)/t20-/m1/s1. The summed E-state index contributed by atoms with van der Waals surface area (Å²) in [5.74, 6) is 0.235. The van der Waals surface area contributed by atoms with Crippen LogP contribution in [-0.4, -0.2) is 38.5 Å². The van der Waals surface area contributed by atoms with E-state index in [1.165, 1.54) is 10.4 Å². The van der Waals surface area contributed by atoms with Crippen molar-refractivity contribution in [3.8, 4) is 5.75 Å². The number of carbonyl (C=O) groups excluding carboxylic acids is 1. The summed E-state index contributed by atoms with van der Waals surface area (Å²) in [4.78, 5) is 14.2. The van der Waals surface area contributed by atoms with Gasteiger partial charge in [0.2, 0.25) is 15.9 Å². The maximum Gasteiger partial charge on any atom is 0.243 e. The SMILES string of the molecule is COc1ccc(S(=O)(=O)N(CC(=O)N[C@H](C)c2ccc(SC)cc2)Cc2ccccc2)cc1C. The highest BCUT2D eigenvalue weighted by Gasteiger charge is 2.28. The number of sulfonamides is 1. The minimum Gasteiger partial charge on any atom is -0.496 e. The molecule has 3 aromatic carbocycles. The van der Waals surface area contributed by atoms with Crippen LogP contribution in [0.15, 0.2) is 82.6 Å². The van der Waals surface area contributed by atoms with E-state index in [-0.39, 0.29) is 29.9 Å². The van der Waals surface area contributed by atoms with Crippen molar-refractivity contribution in [2.75, 3.05) is 19.9 Å². The maximum absolute atomic E-state index is 13.6. The van der Waals surface area contributed by atoms with E-state index in [4.69, 9.17) is 4.74 Å². The van der Waals surface area contributed by atoms with Crippen molar-refractivity contribution < 1.29 is 17.9 Å². The summed E-state index contributed by atoms with van der Waals surface area (Å²) in [5, 5.41) is 2.93.